The number of nitrogens with zero attached hydrogens (tertiary/aromatic N) is 3. The number of benzene rings is 3. The number of likely N-dealkylation sites (N-methyl/N-ethyl adjacent to an activating group) is 1. The van der Waals surface area contributed by atoms with E-state index in [0.29, 0.717) is 38.9 Å². The molecule has 0 radical (unpaired) electrons. The highest BCUT2D eigenvalue weighted by Crippen LogP contribution is 2.32. The number of hydrogen-bond acceptors (Lipinski definition) is 7. The Morgan fingerprint density at radius 2 is 1.51 bits per heavy atom. The van der Waals surface area contributed by atoms with Gasteiger partial charge in [-0.25, -0.2) is 13.2 Å². The van der Waals surface area contributed by atoms with E-state index in [1.807, 2.05) is 60.7 Å². The van der Waals surface area contributed by atoms with Crippen molar-refractivity contribution in [1.82, 2.24) is 14.1 Å². The van der Waals surface area contributed by atoms with Crippen LogP contribution in [0.4, 0.5) is 4.79 Å². The van der Waals surface area contributed by atoms with Crippen LogP contribution in [0.25, 0.3) is 0 Å². The van der Waals surface area contributed by atoms with Crippen LogP contribution in [0.3, 0.4) is 0 Å². The molecule has 10 nitrogen and oxygen atoms in total. The van der Waals surface area contributed by atoms with Gasteiger partial charge in [0.25, 0.3) is 0 Å². The molecule has 1 atom stereocenters. The normalized spacial score (nSPS) is 15.5. The Kier molecular flexibility index (Phi) is 13.4. The highest BCUT2D eigenvalue weighted by molar-refractivity contribution is 7.89. The zero-order valence-electron chi connectivity index (χ0n) is 25.5. The summed E-state index contributed by atoms with van der Waals surface area (Å²) in [5, 5.41) is 10.8. The van der Waals surface area contributed by atoms with Crippen molar-refractivity contribution in [3.63, 3.8) is 0 Å². The summed E-state index contributed by atoms with van der Waals surface area (Å²) in [6.45, 7) is 1.66. The zero-order chi connectivity index (χ0) is 31.6. The molecule has 1 fully saturated rings. The van der Waals surface area contributed by atoms with E-state index in [0.717, 1.165) is 11.1 Å². The van der Waals surface area contributed by atoms with Crippen molar-refractivity contribution in [2.45, 2.75) is 42.2 Å². The molecule has 1 saturated heterocycles. The number of nitrogens with two attached hydrogens (primary N) is 1. The van der Waals surface area contributed by atoms with Crippen LogP contribution in [0.2, 0.25) is 0 Å². The average Bonchev–Trinajstić information content (AvgIpc) is 3.06. The number of carbonyl (C=O) groups excluding carboxylic acids is 2. The number of carbonyl (C=O) groups is 2. The van der Waals surface area contributed by atoms with Crippen molar-refractivity contribution in [2.75, 3.05) is 46.4 Å². The smallest absolute Gasteiger partial charge is 0.410 e. The van der Waals surface area contributed by atoms with Crippen LogP contribution in [-0.2, 0) is 31.6 Å². The SMILES string of the molecule is CN(CC(CO)(CCN1CCC(N(CC(N)=O)C(=O)OCc2ccccc2)CC1)c1ccccc1)S(=O)(=O)c1ccccc1.Cl. The molecule has 0 aliphatic carbocycles. The van der Waals surface area contributed by atoms with Crippen LogP contribution < -0.4 is 5.73 Å². The third-order valence-electron chi connectivity index (χ3n) is 8.34. The Morgan fingerprint density at radius 1 is 0.956 bits per heavy atom. The second-order valence-corrected chi connectivity index (χ2v) is 13.4. The third kappa shape index (κ3) is 9.51. The summed E-state index contributed by atoms with van der Waals surface area (Å²) in [6.07, 6.45) is 1.18. The van der Waals surface area contributed by atoms with Gasteiger partial charge in [0.05, 0.1) is 11.5 Å². The Bertz CT molecular complexity index is 1460. The first kappa shape index (κ1) is 36.0. The van der Waals surface area contributed by atoms with Gasteiger partial charge in [-0.05, 0) is 49.1 Å². The van der Waals surface area contributed by atoms with Gasteiger partial charge in [-0.1, -0.05) is 78.9 Å². The molecule has 0 saturated carbocycles. The van der Waals surface area contributed by atoms with Gasteiger partial charge in [0.2, 0.25) is 15.9 Å². The first-order valence-corrected chi connectivity index (χ1v) is 16.2. The lowest BCUT2D eigenvalue weighted by Crippen LogP contribution is -2.51. The van der Waals surface area contributed by atoms with Crippen LogP contribution in [0.5, 0.6) is 0 Å². The number of rotatable bonds is 14. The summed E-state index contributed by atoms with van der Waals surface area (Å²) < 4.78 is 33.6. The number of aliphatic hydroxyl groups is 1. The number of sulfonamides is 1. The maximum Gasteiger partial charge on any atom is 0.410 e. The lowest BCUT2D eigenvalue weighted by molar-refractivity contribution is -0.119. The summed E-state index contributed by atoms with van der Waals surface area (Å²) in [4.78, 5) is 28.7. The third-order valence-corrected chi connectivity index (χ3v) is 10.2. The molecule has 244 valence electrons. The van der Waals surface area contributed by atoms with Gasteiger partial charge in [-0.15, -0.1) is 12.4 Å². The summed E-state index contributed by atoms with van der Waals surface area (Å²) in [5.74, 6) is -0.603. The molecule has 1 aliphatic rings. The minimum Gasteiger partial charge on any atom is -0.445 e. The van der Waals surface area contributed by atoms with E-state index >= 15 is 0 Å². The van der Waals surface area contributed by atoms with Gasteiger partial charge in [0, 0.05) is 38.1 Å². The summed E-state index contributed by atoms with van der Waals surface area (Å²) in [5.41, 5.74) is 6.35. The molecule has 0 bridgehead atoms. The number of amides is 2. The minimum atomic E-state index is -3.77. The fourth-order valence-corrected chi connectivity index (χ4v) is 7.03. The molecule has 3 N–H and O–H groups in total. The van der Waals surface area contributed by atoms with Gasteiger partial charge in [-0.3, -0.25) is 9.69 Å². The van der Waals surface area contributed by atoms with Crippen molar-refractivity contribution in [3.05, 3.63) is 102 Å². The minimum absolute atomic E-state index is 0. The van der Waals surface area contributed by atoms with Crippen LogP contribution in [0.15, 0.2) is 95.9 Å². The quantitative estimate of drug-likeness (QED) is 0.270. The maximum atomic E-state index is 13.4. The molecule has 1 aliphatic heterocycles. The van der Waals surface area contributed by atoms with E-state index in [1.165, 1.54) is 9.21 Å². The average molecular weight is 659 g/mol. The Balaban J connectivity index is 0.00000552. The Morgan fingerprint density at radius 3 is 2.07 bits per heavy atom. The molecular weight excluding hydrogens is 616 g/mol. The lowest BCUT2D eigenvalue weighted by atomic mass is 9.77. The molecule has 2 amide bonds. The predicted molar refractivity (Wildman–Crippen MR) is 175 cm³/mol. The molecule has 4 rings (SSSR count). The molecule has 1 heterocycles. The van der Waals surface area contributed by atoms with Gasteiger partial charge in [0.15, 0.2) is 0 Å². The lowest BCUT2D eigenvalue weighted by Gasteiger charge is -2.40. The number of ether oxygens (including phenoxy) is 1. The number of halogens is 1. The molecular formula is C33H43ClN4O6S. The highest BCUT2D eigenvalue weighted by atomic mass is 35.5. The molecule has 0 spiro atoms. The van der Waals surface area contributed by atoms with Gasteiger partial charge in [-0.2, -0.15) is 4.31 Å². The van der Waals surface area contributed by atoms with E-state index in [4.69, 9.17) is 10.5 Å². The fraction of sp³-hybridized carbons (Fsp3) is 0.394. The monoisotopic (exact) mass is 658 g/mol. The van der Waals surface area contributed by atoms with E-state index in [9.17, 15) is 23.1 Å². The van der Waals surface area contributed by atoms with Crippen LogP contribution in [0, 0.1) is 0 Å². The highest BCUT2D eigenvalue weighted by Gasteiger charge is 2.38. The Labute approximate surface area is 272 Å². The molecule has 3 aromatic rings. The zero-order valence-corrected chi connectivity index (χ0v) is 27.2. The molecule has 1 unspecified atom stereocenters. The van der Waals surface area contributed by atoms with Crippen LogP contribution in [0.1, 0.15) is 30.4 Å². The van der Waals surface area contributed by atoms with E-state index in [-0.39, 0.29) is 49.6 Å². The summed E-state index contributed by atoms with van der Waals surface area (Å²) in [7, 11) is -2.22. The standard InChI is InChI=1S/C33H42N4O6S.ClH/c1-35(44(41,42)30-15-9-4-10-16-30)25-33(26-38,28-13-7-3-8-14-28)19-22-36-20-17-29(18-21-36)37(23-31(34)39)32(40)43-24-27-11-5-2-6-12-27;/h2-16,29,38H,17-26H2,1H3,(H2,34,39);1H. The van der Waals surface area contributed by atoms with Gasteiger partial charge in [0.1, 0.15) is 13.2 Å². The molecule has 3 aromatic carbocycles. The fourth-order valence-electron chi connectivity index (χ4n) is 5.75. The number of piperidine rings is 1. The maximum absolute atomic E-state index is 13.4. The second-order valence-electron chi connectivity index (χ2n) is 11.3. The first-order chi connectivity index (χ1) is 21.1. The van der Waals surface area contributed by atoms with Crippen LogP contribution in [-0.4, -0.2) is 92.0 Å². The van der Waals surface area contributed by atoms with Crippen molar-refractivity contribution in [1.29, 1.82) is 0 Å². The van der Waals surface area contributed by atoms with Crippen molar-refractivity contribution < 1.29 is 27.9 Å². The second kappa shape index (κ2) is 16.7. The molecule has 0 aromatic heterocycles. The largest absolute Gasteiger partial charge is 0.445 e. The summed E-state index contributed by atoms with van der Waals surface area (Å²) >= 11 is 0. The van der Waals surface area contributed by atoms with Crippen molar-refractivity contribution in [2.24, 2.45) is 5.73 Å². The molecule has 45 heavy (non-hydrogen) atoms. The first-order valence-electron chi connectivity index (χ1n) is 14.8. The van der Waals surface area contributed by atoms with E-state index < -0.39 is 27.4 Å². The van der Waals surface area contributed by atoms with Crippen molar-refractivity contribution in [3.8, 4) is 0 Å². The molecule has 12 heteroatoms. The number of aliphatic hydroxyl groups excluding tert-OH is 1. The van der Waals surface area contributed by atoms with Gasteiger partial charge < -0.3 is 20.5 Å². The number of likely N-dealkylation sites (tertiary alicyclic amines) is 1. The topological polar surface area (TPSA) is 133 Å². The van der Waals surface area contributed by atoms with Gasteiger partial charge >= 0.3 is 6.09 Å². The number of primary amides is 1. The predicted octanol–water partition coefficient (Wildman–Crippen LogP) is 3.64. The van der Waals surface area contributed by atoms with Crippen molar-refractivity contribution >= 4 is 34.4 Å². The van der Waals surface area contributed by atoms with Crippen LogP contribution >= 0.6 is 12.4 Å². The summed E-state index contributed by atoms with van der Waals surface area (Å²) in [6, 6.07) is 26.9. The number of hydrogen-bond donors (Lipinski definition) is 2. The van der Waals surface area contributed by atoms with E-state index in [2.05, 4.69) is 4.90 Å². The Hall–Kier alpha value is -3.48. The van der Waals surface area contributed by atoms with E-state index in [1.54, 1.807) is 37.4 Å².